The van der Waals surface area contributed by atoms with E-state index in [4.69, 9.17) is 4.74 Å². The smallest absolute Gasteiger partial charge is 0.123 e. The highest BCUT2D eigenvalue weighted by molar-refractivity contribution is 5.39. The van der Waals surface area contributed by atoms with Crippen LogP contribution in [0.1, 0.15) is 29.9 Å². The molecule has 2 aromatic rings. The number of aromatic nitrogens is 2. The largest absolute Gasteiger partial charge is 0.496 e. The Kier molecular flexibility index (Phi) is 4.79. The van der Waals surface area contributed by atoms with E-state index in [0.29, 0.717) is 0 Å². The Bertz CT molecular complexity index is 563. The van der Waals surface area contributed by atoms with E-state index in [1.807, 2.05) is 19.4 Å². The van der Waals surface area contributed by atoms with Gasteiger partial charge in [0.2, 0.25) is 0 Å². The number of likely N-dealkylation sites (N-methyl/N-ethyl adjacent to an activating group) is 1. The number of imidazole rings is 1. The molecule has 2 rings (SSSR count). The fourth-order valence-electron chi connectivity index (χ4n) is 2.42. The number of aryl methyl sites for hydroxylation is 2. The highest BCUT2D eigenvalue weighted by Crippen LogP contribution is 2.28. The molecule has 0 amide bonds. The Balaban J connectivity index is 2.30. The summed E-state index contributed by atoms with van der Waals surface area (Å²) >= 11 is 0. The third-order valence-corrected chi connectivity index (χ3v) is 3.52. The lowest BCUT2D eigenvalue weighted by Crippen LogP contribution is -2.24. The molecule has 0 aliphatic rings. The molecule has 0 spiro atoms. The monoisotopic (exact) mass is 273 g/mol. The van der Waals surface area contributed by atoms with Crippen molar-refractivity contribution in [2.45, 2.75) is 26.3 Å². The van der Waals surface area contributed by atoms with Gasteiger partial charge in [0.25, 0.3) is 0 Å². The van der Waals surface area contributed by atoms with Crippen LogP contribution in [0.15, 0.2) is 30.6 Å². The van der Waals surface area contributed by atoms with Crippen molar-refractivity contribution >= 4 is 0 Å². The second-order valence-corrected chi connectivity index (χ2v) is 5.01. The van der Waals surface area contributed by atoms with Crippen LogP contribution >= 0.6 is 0 Å². The van der Waals surface area contributed by atoms with Crippen LogP contribution in [0.2, 0.25) is 0 Å². The highest BCUT2D eigenvalue weighted by atomic mass is 16.5. The normalized spacial score (nSPS) is 12.4. The second kappa shape index (κ2) is 6.57. The molecule has 0 fully saturated rings. The maximum absolute atomic E-state index is 5.54. The number of benzene rings is 1. The van der Waals surface area contributed by atoms with Gasteiger partial charge in [-0.3, -0.25) is 0 Å². The average Bonchev–Trinajstić information content (AvgIpc) is 2.84. The van der Waals surface area contributed by atoms with Gasteiger partial charge < -0.3 is 14.6 Å². The van der Waals surface area contributed by atoms with Crippen LogP contribution in [0.5, 0.6) is 5.75 Å². The van der Waals surface area contributed by atoms with Gasteiger partial charge in [0.05, 0.1) is 7.11 Å². The van der Waals surface area contributed by atoms with Gasteiger partial charge in [0, 0.05) is 37.5 Å². The van der Waals surface area contributed by atoms with E-state index in [0.717, 1.165) is 24.5 Å². The van der Waals surface area contributed by atoms with Crippen molar-refractivity contribution in [3.8, 4) is 5.75 Å². The lowest BCUT2D eigenvalue weighted by molar-refractivity contribution is 0.397. The zero-order valence-electron chi connectivity index (χ0n) is 12.7. The van der Waals surface area contributed by atoms with E-state index < -0.39 is 0 Å². The summed E-state index contributed by atoms with van der Waals surface area (Å²) in [6.07, 6.45) is 4.66. The van der Waals surface area contributed by atoms with Crippen LogP contribution < -0.4 is 10.1 Å². The summed E-state index contributed by atoms with van der Waals surface area (Å²) < 4.78 is 7.60. The molecule has 1 N–H and O–H groups in total. The summed E-state index contributed by atoms with van der Waals surface area (Å²) in [7, 11) is 3.75. The third-order valence-electron chi connectivity index (χ3n) is 3.52. The molecule has 1 atom stereocenters. The summed E-state index contributed by atoms with van der Waals surface area (Å²) in [4.78, 5) is 4.42. The predicted octanol–water partition coefficient (Wildman–Crippen LogP) is 2.63. The summed E-state index contributed by atoms with van der Waals surface area (Å²) in [5, 5.41) is 3.53. The van der Waals surface area contributed by atoms with Gasteiger partial charge in [-0.15, -0.1) is 0 Å². The molecule has 1 aromatic heterocycles. The van der Waals surface area contributed by atoms with E-state index in [1.54, 1.807) is 7.11 Å². The molecule has 0 radical (unpaired) electrons. The van der Waals surface area contributed by atoms with Gasteiger partial charge in [0.1, 0.15) is 11.6 Å². The lowest BCUT2D eigenvalue weighted by Gasteiger charge is -2.21. The van der Waals surface area contributed by atoms with Crippen LogP contribution in [-0.4, -0.2) is 23.2 Å². The Morgan fingerprint density at radius 3 is 2.80 bits per heavy atom. The summed E-state index contributed by atoms with van der Waals surface area (Å²) in [6, 6.07) is 6.56. The Labute approximate surface area is 120 Å². The molecule has 4 nitrogen and oxygen atoms in total. The molecule has 0 bridgehead atoms. The van der Waals surface area contributed by atoms with E-state index in [1.165, 1.54) is 11.1 Å². The van der Waals surface area contributed by atoms with Crippen LogP contribution in [0.25, 0.3) is 0 Å². The van der Waals surface area contributed by atoms with Gasteiger partial charge in [-0.2, -0.15) is 0 Å². The molecule has 1 aromatic carbocycles. The topological polar surface area (TPSA) is 39.1 Å². The number of nitrogens with one attached hydrogen (secondary N) is 1. The van der Waals surface area contributed by atoms with Gasteiger partial charge >= 0.3 is 0 Å². The number of ether oxygens (including phenoxy) is 1. The van der Waals surface area contributed by atoms with Crippen molar-refractivity contribution < 1.29 is 4.74 Å². The minimum atomic E-state index is 0.205. The minimum absolute atomic E-state index is 0.205. The molecule has 20 heavy (non-hydrogen) atoms. The van der Waals surface area contributed by atoms with E-state index in [2.05, 4.69) is 46.9 Å². The first kappa shape index (κ1) is 14.6. The first-order valence-corrected chi connectivity index (χ1v) is 6.99. The quantitative estimate of drug-likeness (QED) is 0.879. The molecule has 0 saturated heterocycles. The molecule has 1 unspecified atom stereocenters. The SMILES string of the molecule is CCNC(Cc1nccn1C)c1ccc(C)cc1OC. The zero-order chi connectivity index (χ0) is 14.5. The van der Waals surface area contributed by atoms with Gasteiger partial charge in [-0.25, -0.2) is 4.98 Å². The third kappa shape index (κ3) is 3.20. The van der Waals surface area contributed by atoms with Crippen molar-refractivity contribution in [2.24, 2.45) is 7.05 Å². The van der Waals surface area contributed by atoms with Crippen molar-refractivity contribution in [3.63, 3.8) is 0 Å². The highest BCUT2D eigenvalue weighted by Gasteiger charge is 2.17. The number of hydrogen-bond acceptors (Lipinski definition) is 3. The Hall–Kier alpha value is -1.81. The number of rotatable bonds is 6. The van der Waals surface area contributed by atoms with Crippen LogP contribution in [0.4, 0.5) is 0 Å². The number of nitrogens with zero attached hydrogens (tertiary/aromatic N) is 2. The fourth-order valence-corrected chi connectivity index (χ4v) is 2.42. The summed E-state index contributed by atoms with van der Waals surface area (Å²) in [6.45, 7) is 5.10. The van der Waals surface area contributed by atoms with Crippen LogP contribution in [0, 0.1) is 6.92 Å². The first-order chi connectivity index (χ1) is 9.65. The molecule has 0 aliphatic carbocycles. The molecular formula is C16H23N3O. The maximum atomic E-state index is 5.54. The fraction of sp³-hybridized carbons (Fsp3) is 0.438. The number of methoxy groups -OCH3 is 1. The van der Waals surface area contributed by atoms with Crippen molar-refractivity contribution in [3.05, 3.63) is 47.5 Å². The Morgan fingerprint density at radius 1 is 1.40 bits per heavy atom. The molecule has 1 heterocycles. The van der Waals surface area contributed by atoms with Crippen molar-refractivity contribution in [1.82, 2.24) is 14.9 Å². The van der Waals surface area contributed by atoms with E-state index in [-0.39, 0.29) is 6.04 Å². The van der Waals surface area contributed by atoms with E-state index in [9.17, 15) is 0 Å². The van der Waals surface area contributed by atoms with Crippen LogP contribution in [0.3, 0.4) is 0 Å². The summed E-state index contributed by atoms with van der Waals surface area (Å²) in [5.74, 6) is 2.00. The van der Waals surface area contributed by atoms with E-state index >= 15 is 0 Å². The maximum Gasteiger partial charge on any atom is 0.123 e. The number of hydrogen-bond donors (Lipinski definition) is 1. The van der Waals surface area contributed by atoms with Gasteiger partial charge in [0.15, 0.2) is 0 Å². The van der Waals surface area contributed by atoms with Crippen molar-refractivity contribution in [2.75, 3.05) is 13.7 Å². The Morgan fingerprint density at radius 2 is 2.20 bits per heavy atom. The zero-order valence-corrected chi connectivity index (χ0v) is 12.7. The second-order valence-electron chi connectivity index (χ2n) is 5.01. The van der Waals surface area contributed by atoms with Crippen molar-refractivity contribution in [1.29, 1.82) is 0 Å². The molecule has 0 aliphatic heterocycles. The standard InChI is InChI=1S/C16H23N3O/c1-5-17-14(11-16-18-8-9-19(16)3)13-7-6-12(2)10-15(13)20-4/h6-10,14,17H,5,11H2,1-4H3. The molecular weight excluding hydrogens is 250 g/mol. The van der Waals surface area contributed by atoms with Gasteiger partial charge in [-0.05, 0) is 25.1 Å². The molecule has 108 valence electrons. The lowest BCUT2D eigenvalue weighted by atomic mass is 10.0. The first-order valence-electron chi connectivity index (χ1n) is 6.99. The van der Waals surface area contributed by atoms with Crippen LogP contribution in [-0.2, 0) is 13.5 Å². The molecule has 0 saturated carbocycles. The van der Waals surface area contributed by atoms with Gasteiger partial charge in [-0.1, -0.05) is 19.1 Å². The predicted molar refractivity (Wildman–Crippen MR) is 81.1 cm³/mol. The average molecular weight is 273 g/mol. The minimum Gasteiger partial charge on any atom is -0.496 e. The summed E-state index contributed by atoms with van der Waals surface area (Å²) in [5.41, 5.74) is 2.39. The molecule has 4 heteroatoms.